The zero-order valence-corrected chi connectivity index (χ0v) is 11.6. The SMILES string of the molecule is CC(C)(C)c1ccc(-c2ccc3occc3c2)cc1. The second kappa shape index (κ2) is 4.27. The molecular weight excluding hydrogens is 232 g/mol. The first kappa shape index (κ1) is 12.0. The van der Waals surface area contributed by atoms with Crippen LogP contribution >= 0.6 is 0 Å². The van der Waals surface area contributed by atoms with Gasteiger partial charge in [-0.3, -0.25) is 0 Å². The Morgan fingerprint density at radius 1 is 0.789 bits per heavy atom. The van der Waals surface area contributed by atoms with Crippen LogP contribution in [0.15, 0.2) is 59.2 Å². The van der Waals surface area contributed by atoms with Crippen molar-refractivity contribution >= 4 is 11.0 Å². The molecule has 0 unspecified atom stereocenters. The van der Waals surface area contributed by atoms with Gasteiger partial charge in [0, 0.05) is 5.39 Å². The van der Waals surface area contributed by atoms with Crippen molar-refractivity contribution in [3.05, 3.63) is 60.4 Å². The van der Waals surface area contributed by atoms with E-state index in [-0.39, 0.29) is 5.41 Å². The zero-order valence-electron chi connectivity index (χ0n) is 11.6. The Hall–Kier alpha value is -2.02. The minimum atomic E-state index is 0.201. The minimum Gasteiger partial charge on any atom is -0.464 e. The molecule has 3 aromatic rings. The molecule has 0 N–H and O–H groups in total. The largest absolute Gasteiger partial charge is 0.464 e. The summed E-state index contributed by atoms with van der Waals surface area (Å²) in [5.41, 5.74) is 4.98. The predicted octanol–water partition coefficient (Wildman–Crippen LogP) is 5.40. The molecule has 1 aromatic heterocycles. The molecule has 0 saturated heterocycles. The number of fused-ring (bicyclic) bond motifs is 1. The molecule has 19 heavy (non-hydrogen) atoms. The van der Waals surface area contributed by atoms with Gasteiger partial charge in [0.15, 0.2) is 0 Å². The molecule has 0 spiro atoms. The Morgan fingerprint density at radius 3 is 2.16 bits per heavy atom. The lowest BCUT2D eigenvalue weighted by molar-refractivity contribution is 0.590. The van der Waals surface area contributed by atoms with Gasteiger partial charge in [0.1, 0.15) is 5.58 Å². The van der Waals surface area contributed by atoms with E-state index in [9.17, 15) is 0 Å². The van der Waals surface area contributed by atoms with Gasteiger partial charge in [-0.25, -0.2) is 0 Å². The van der Waals surface area contributed by atoms with Crippen LogP contribution in [-0.4, -0.2) is 0 Å². The van der Waals surface area contributed by atoms with Crippen molar-refractivity contribution < 1.29 is 4.42 Å². The highest BCUT2D eigenvalue weighted by atomic mass is 16.3. The van der Waals surface area contributed by atoms with Crippen molar-refractivity contribution in [2.24, 2.45) is 0 Å². The molecule has 96 valence electrons. The molecule has 0 aliphatic rings. The average Bonchev–Trinajstić information content (AvgIpc) is 2.85. The summed E-state index contributed by atoms with van der Waals surface area (Å²) in [7, 11) is 0. The van der Waals surface area contributed by atoms with E-state index in [2.05, 4.69) is 57.2 Å². The Morgan fingerprint density at radius 2 is 1.47 bits per heavy atom. The van der Waals surface area contributed by atoms with Crippen LogP contribution in [-0.2, 0) is 5.41 Å². The van der Waals surface area contributed by atoms with Crippen LogP contribution in [0.3, 0.4) is 0 Å². The molecule has 1 nitrogen and oxygen atoms in total. The normalized spacial score (nSPS) is 11.9. The number of hydrogen-bond donors (Lipinski definition) is 0. The summed E-state index contributed by atoms with van der Waals surface area (Å²) in [4.78, 5) is 0. The van der Waals surface area contributed by atoms with E-state index in [1.54, 1.807) is 6.26 Å². The van der Waals surface area contributed by atoms with Crippen molar-refractivity contribution in [3.63, 3.8) is 0 Å². The van der Waals surface area contributed by atoms with Gasteiger partial charge < -0.3 is 4.42 Å². The van der Waals surface area contributed by atoms with Crippen LogP contribution in [0.4, 0.5) is 0 Å². The molecule has 0 bridgehead atoms. The second-order valence-electron chi connectivity index (χ2n) is 6.00. The number of rotatable bonds is 1. The van der Waals surface area contributed by atoms with Crippen molar-refractivity contribution in [2.75, 3.05) is 0 Å². The average molecular weight is 250 g/mol. The summed E-state index contributed by atoms with van der Waals surface area (Å²) in [6.07, 6.45) is 1.73. The molecule has 3 rings (SSSR count). The second-order valence-corrected chi connectivity index (χ2v) is 6.00. The van der Waals surface area contributed by atoms with E-state index in [1.807, 2.05) is 12.1 Å². The molecule has 0 aliphatic carbocycles. The predicted molar refractivity (Wildman–Crippen MR) is 80.4 cm³/mol. The third kappa shape index (κ3) is 2.28. The molecule has 0 fully saturated rings. The van der Waals surface area contributed by atoms with Crippen LogP contribution in [0.25, 0.3) is 22.1 Å². The van der Waals surface area contributed by atoms with Gasteiger partial charge in [0.2, 0.25) is 0 Å². The monoisotopic (exact) mass is 250 g/mol. The molecule has 0 amide bonds. The van der Waals surface area contributed by atoms with Gasteiger partial charge >= 0.3 is 0 Å². The lowest BCUT2D eigenvalue weighted by atomic mass is 9.86. The molecule has 2 aromatic carbocycles. The number of furan rings is 1. The lowest BCUT2D eigenvalue weighted by Crippen LogP contribution is -2.10. The summed E-state index contributed by atoms with van der Waals surface area (Å²) in [5, 5.41) is 1.15. The maximum Gasteiger partial charge on any atom is 0.133 e. The summed E-state index contributed by atoms with van der Waals surface area (Å²) in [5.74, 6) is 0. The molecule has 0 saturated carbocycles. The topological polar surface area (TPSA) is 13.1 Å². The summed E-state index contributed by atoms with van der Waals surface area (Å²) >= 11 is 0. The first-order valence-corrected chi connectivity index (χ1v) is 6.62. The van der Waals surface area contributed by atoms with Gasteiger partial charge in [-0.1, -0.05) is 51.1 Å². The third-order valence-electron chi connectivity index (χ3n) is 3.54. The summed E-state index contributed by atoms with van der Waals surface area (Å²) < 4.78 is 5.37. The van der Waals surface area contributed by atoms with E-state index in [0.29, 0.717) is 0 Å². The van der Waals surface area contributed by atoms with Crippen LogP contribution in [0, 0.1) is 0 Å². The van der Waals surface area contributed by atoms with Gasteiger partial charge in [0.25, 0.3) is 0 Å². The maximum absolute atomic E-state index is 5.37. The molecular formula is C18H18O. The molecule has 1 heterocycles. The fourth-order valence-corrected chi connectivity index (χ4v) is 2.31. The van der Waals surface area contributed by atoms with E-state index >= 15 is 0 Å². The highest BCUT2D eigenvalue weighted by molar-refractivity contribution is 5.83. The smallest absolute Gasteiger partial charge is 0.133 e. The van der Waals surface area contributed by atoms with Gasteiger partial charge in [-0.05, 0) is 40.3 Å². The number of benzene rings is 2. The Kier molecular flexibility index (Phi) is 2.70. The standard InChI is InChI=1S/C18H18O/c1-18(2,3)16-7-4-13(5-8-16)14-6-9-17-15(12-14)10-11-19-17/h4-12H,1-3H3. The van der Waals surface area contributed by atoms with Crippen molar-refractivity contribution in [1.29, 1.82) is 0 Å². The van der Waals surface area contributed by atoms with Gasteiger partial charge in [-0.2, -0.15) is 0 Å². The molecule has 0 radical (unpaired) electrons. The van der Waals surface area contributed by atoms with Crippen molar-refractivity contribution in [1.82, 2.24) is 0 Å². The Labute approximate surface area is 113 Å². The van der Waals surface area contributed by atoms with Gasteiger partial charge in [0.05, 0.1) is 6.26 Å². The lowest BCUT2D eigenvalue weighted by Gasteiger charge is -2.19. The van der Waals surface area contributed by atoms with Crippen molar-refractivity contribution in [2.45, 2.75) is 26.2 Å². The quantitative estimate of drug-likeness (QED) is 0.563. The third-order valence-corrected chi connectivity index (χ3v) is 3.54. The van der Waals surface area contributed by atoms with E-state index in [0.717, 1.165) is 11.0 Å². The molecule has 0 aliphatic heterocycles. The molecule has 0 atom stereocenters. The van der Waals surface area contributed by atoms with E-state index in [4.69, 9.17) is 4.42 Å². The van der Waals surface area contributed by atoms with Crippen LogP contribution < -0.4 is 0 Å². The zero-order chi connectivity index (χ0) is 13.5. The maximum atomic E-state index is 5.37. The summed E-state index contributed by atoms with van der Waals surface area (Å²) in [6, 6.07) is 17.1. The van der Waals surface area contributed by atoms with Crippen LogP contribution in [0.5, 0.6) is 0 Å². The Balaban J connectivity index is 2.01. The fourth-order valence-electron chi connectivity index (χ4n) is 2.31. The number of hydrogen-bond acceptors (Lipinski definition) is 1. The Bertz CT molecular complexity index is 696. The van der Waals surface area contributed by atoms with Crippen molar-refractivity contribution in [3.8, 4) is 11.1 Å². The van der Waals surface area contributed by atoms with Crippen LogP contribution in [0.1, 0.15) is 26.3 Å². The summed E-state index contributed by atoms with van der Waals surface area (Å²) in [6.45, 7) is 6.71. The first-order valence-electron chi connectivity index (χ1n) is 6.62. The first-order chi connectivity index (χ1) is 9.04. The van der Waals surface area contributed by atoms with Gasteiger partial charge in [-0.15, -0.1) is 0 Å². The highest BCUT2D eigenvalue weighted by Gasteiger charge is 2.13. The van der Waals surface area contributed by atoms with E-state index < -0.39 is 0 Å². The fraction of sp³-hybridized carbons (Fsp3) is 0.222. The van der Waals surface area contributed by atoms with Crippen LogP contribution in [0.2, 0.25) is 0 Å². The van der Waals surface area contributed by atoms with E-state index in [1.165, 1.54) is 16.7 Å². The minimum absolute atomic E-state index is 0.201. The highest BCUT2D eigenvalue weighted by Crippen LogP contribution is 2.28. The molecule has 1 heteroatoms.